The Morgan fingerprint density at radius 3 is 2.68 bits per heavy atom. The molecular weight excluding hydrogens is 282 g/mol. The van der Waals surface area contributed by atoms with E-state index in [1.54, 1.807) is 25.1 Å². The fraction of sp³-hybridized carbons (Fsp3) is 0.125. The highest BCUT2D eigenvalue weighted by Crippen LogP contribution is 2.40. The van der Waals surface area contributed by atoms with Crippen molar-refractivity contribution in [1.29, 1.82) is 5.26 Å². The average Bonchev–Trinajstić information content (AvgIpc) is 2.46. The molecule has 0 amide bonds. The van der Waals surface area contributed by atoms with Crippen LogP contribution >= 0.6 is 0 Å². The van der Waals surface area contributed by atoms with Crippen LogP contribution in [0, 0.1) is 18.3 Å². The first-order valence-corrected chi connectivity index (χ1v) is 6.61. The highest BCUT2D eigenvalue weighted by atomic mass is 16.5. The number of aryl methyl sites for hydroxylation is 1. The summed E-state index contributed by atoms with van der Waals surface area (Å²) in [5, 5.41) is 18.8. The number of benzene rings is 1. The molecular formula is C16H13N3O3. The molecule has 0 spiro atoms. The number of hydrogen-bond donors (Lipinski definition) is 3. The maximum Gasteiger partial charge on any atom is 0.256 e. The Labute approximate surface area is 126 Å². The molecule has 4 N–H and O–H groups in total. The van der Waals surface area contributed by atoms with Gasteiger partial charge in [-0.25, -0.2) is 0 Å². The van der Waals surface area contributed by atoms with Gasteiger partial charge in [0.25, 0.3) is 5.56 Å². The van der Waals surface area contributed by atoms with Crippen LogP contribution in [-0.2, 0) is 0 Å². The first-order valence-electron chi connectivity index (χ1n) is 6.61. The number of nitrogens with one attached hydrogen (secondary N) is 1. The number of nitriles is 1. The van der Waals surface area contributed by atoms with Crippen molar-refractivity contribution < 1.29 is 9.84 Å². The first-order chi connectivity index (χ1) is 10.5. The van der Waals surface area contributed by atoms with E-state index in [-0.39, 0.29) is 22.8 Å². The zero-order chi connectivity index (χ0) is 15.9. The van der Waals surface area contributed by atoms with E-state index in [2.05, 4.69) is 4.98 Å². The lowest BCUT2D eigenvalue weighted by Crippen LogP contribution is -2.27. The number of pyridine rings is 1. The smallest absolute Gasteiger partial charge is 0.256 e. The van der Waals surface area contributed by atoms with Crippen molar-refractivity contribution in [3.63, 3.8) is 0 Å². The predicted molar refractivity (Wildman–Crippen MR) is 79.2 cm³/mol. The van der Waals surface area contributed by atoms with Crippen LogP contribution in [0.4, 0.5) is 0 Å². The fourth-order valence-electron chi connectivity index (χ4n) is 2.61. The molecule has 6 heteroatoms. The van der Waals surface area contributed by atoms with Crippen LogP contribution in [0.25, 0.3) is 0 Å². The minimum atomic E-state index is -0.626. The fourth-order valence-corrected chi connectivity index (χ4v) is 2.61. The van der Waals surface area contributed by atoms with E-state index in [4.69, 9.17) is 10.5 Å². The number of hydrogen-bond acceptors (Lipinski definition) is 5. The van der Waals surface area contributed by atoms with Gasteiger partial charge in [-0.1, -0.05) is 12.1 Å². The predicted octanol–water partition coefficient (Wildman–Crippen LogP) is 1.61. The van der Waals surface area contributed by atoms with E-state index < -0.39 is 5.92 Å². The van der Waals surface area contributed by atoms with Crippen LogP contribution in [-0.4, -0.2) is 10.1 Å². The lowest BCUT2D eigenvalue weighted by molar-refractivity contribution is 0.391. The molecule has 0 bridgehead atoms. The molecule has 2 aromatic rings. The van der Waals surface area contributed by atoms with Gasteiger partial charge in [-0.15, -0.1) is 0 Å². The van der Waals surface area contributed by atoms with E-state index in [1.165, 1.54) is 12.1 Å². The van der Waals surface area contributed by atoms with Gasteiger partial charge in [-0.05, 0) is 24.6 Å². The number of rotatable bonds is 1. The van der Waals surface area contributed by atoms with Gasteiger partial charge in [-0.3, -0.25) is 4.79 Å². The zero-order valence-corrected chi connectivity index (χ0v) is 11.8. The standard InChI is InChI=1S/C16H13N3O3/c1-8-6-12-14(16(21)19-8)13(11(7-17)15(18)22-12)9-2-4-10(20)5-3-9/h2-6,13,20H,18H2,1H3,(H,19,21). The Hall–Kier alpha value is -3.20. The van der Waals surface area contributed by atoms with Gasteiger partial charge in [0.2, 0.25) is 5.88 Å². The number of aromatic nitrogens is 1. The minimum Gasteiger partial charge on any atom is -0.508 e. The molecule has 0 saturated carbocycles. The number of nitrogens with two attached hydrogens (primary N) is 1. The number of H-pyrrole nitrogens is 1. The molecule has 1 unspecified atom stereocenters. The second-order valence-electron chi connectivity index (χ2n) is 5.08. The third-order valence-electron chi connectivity index (χ3n) is 3.58. The number of ether oxygens (including phenoxy) is 1. The summed E-state index contributed by atoms with van der Waals surface area (Å²) < 4.78 is 5.44. The van der Waals surface area contributed by atoms with E-state index in [9.17, 15) is 15.2 Å². The number of allylic oxidation sites excluding steroid dienone is 1. The van der Waals surface area contributed by atoms with Crippen molar-refractivity contribution in [2.45, 2.75) is 12.8 Å². The van der Waals surface area contributed by atoms with Crippen LogP contribution in [0.15, 0.2) is 46.6 Å². The number of aromatic hydroxyl groups is 1. The van der Waals surface area contributed by atoms with Crippen molar-refractivity contribution in [2.24, 2.45) is 5.73 Å². The topological polar surface area (TPSA) is 112 Å². The number of nitrogens with zero attached hydrogens (tertiary/aromatic N) is 1. The van der Waals surface area contributed by atoms with E-state index in [0.717, 1.165) is 0 Å². The summed E-state index contributed by atoms with van der Waals surface area (Å²) in [6, 6.07) is 9.99. The Bertz CT molecular complexity index is 873. The molecule has 1 aromatic carbocycles. The Morgan fingerprint density at radius 2 is 2.05 bits per heavy atom. The molecule has 0 aliphatic carbocycles. The van der Waals surface area contributed by atoms with Gasteiger partial charge >= 0.3 is 0 Å². The summed E-state index contributed by atoms with van der Waals surface area (Å²) in [7, 11) is 0. The van der Waals surface area contributed by atoms with Crippen LogP contribution in [0.5, 0.6) is 11.5 Å². The monoisotopic (exact) mass is 295 g/mol. The van der Waals surface area contributed by atoms with Crippen molar-refractivity contribution in [1.82, 2.24) is 4.98 Å². The molecule has 110 valence electrons. The second-order valence-corrected chi connectivity index (χ2v) is 5.08. The SMILES string of the molecule is Cc1cc2c(c(=O)[nH]1)C(c1ccc(O)cc1)C(C#N)=C(N)O2. The largest absolute Gasteiger partial charge is 0.508 e. The quantitative estimate of drug-likeness (QED) is 0.740. The normalized spacial score (nSPS) is 16.6. The number of phenols is 1. The van der Waals surface area contributed by atoms with Gasteiger partial charge < -0.3 is 20.6 Å². The number of fused-ring (bicyclic) bond motifs is 1. The highest BCUT2D eigenvalue weighted by molar-refractivity contribution is 5.55. The third kappa shape index (κ3) is 2.09. The van der Waals surface area contributed by atoms with Crippen molar-refractivity contribution in [3.8, 4) is 17.6 Å². The van der Waals surface area contributed by atoms with Crippen molar-refractivity contribution >= 4 is 0 Å². The molecule has 1 atom stereocenters. The minimum absolute atomic E-state index is 0.0157. The third-order valence-corrected chi connectivity index (χ3v) is 3.58. The van der Waals surface area contributed by atoms with E-state index in [0.29, 0.717) is 22.6 Å². The maximum atomic E-state index is 12.3. The molecule has 0 radical (unpaired) electrons. The Morgan fingerprint density at radius 1 is 1.36 bits per heavy atom. The Kier molecular flexibility index (Phi) is 3.11. The summed E-state index contributed by atoms with van der Waals surface area (Å²) >= 11 is 0. The first kappa shape index (κ1) is 13.8. The number of phenolic OH excluding ortho intramolecular Hbond substituents is 1. The zero-order valence-electron chi connectivity index (χ0n) is 11.8. The molecule has 22 heavy (non-hydrogen) atoms. The Balaban J connectivity index is 2.29. The van der Waals surface area contributed by atoms with Crippen molar-refractivity contribution in [3.05, 3.63) is 69.0 Å². The van der Waals surface area contributed by atoms with Crippen LogP contribution in [0.1, 0.15) is 22.7 Å². The molecule has 6 nitrogen and oxygen atoms in total. The summed E-state index contributed by atoms with van der Waals surface area (Å²) in [6.45, 7) is 1.74. The van der Waals surface area contributed by atoms with Crippen LogP contribution in [0.3, 0.4) is 0 Å². The molecule has 1 aromatic heterocycles. The van der Waals surface area contributed by atoms with Crippen LogP contribution < -0.4 is 16.0 Å². The summed E-state index contributed by atoms with van der Waals surface area (Å²) in [4.78, 5) is 15.1. The molecule has 0 saturated heterocycles. The van der Waals surface area contributed by atoms with E-state index in [1.807, 2.05) is 6.07 Å². The van der Waals surface area contributed by atoms with Gasteiger partial charge in [0, 0.05) is 11.8 Å². The maximum absolute atomic E-state index is 12.3. The lowest BCUT2D eigenvalue weighted by atomic mass is 9.84. The highest BCUT2D eigenvalue weighted by Gasteiger charge is 2.33. The summed E-state index contributed by atoms with van der Waals surface area (Å²) in [6.07, 6.45) is 0. The molecule has 1 aliphatic heterocycles. The van der Waals surface area contributed by atoms with Gasteiger partial charge in [0.05, 0.1) is 11.5 Å². The summed E-state index contributed by atoms with van der Waals surface area (Å²) in [5.74, 6) is -0.197. The number of aromatic amines is 1. The van der Waals surface area contributed by atoms with Crippen molar-refractivity contribution in [2.75, 3.05) is 0 Å². The van der Waals surface area contributed by atoms with Gasteiger partial charge in [-0.2, -0.15) is 5.26 Å². The van der Waals surface area contributed by atoms with Crippen LogP contribution in [0.2, 0.25) is 0 Å². The average molecular weight is 295 g/mol. The lowest BCUT2D eigenvalue weighted by Gasteiger charge is -2.25. The van der Waals surface area contributed by atoms with E-state index >= 15 is 0 Å². The molecule has 3 rings (SSSR count). The van der Waals surface area contributed by atoms with Gasteiger partial charge in [0.1, 0.15) is 23.1 Å². The second kappa shape index (κ2) is 4.97. The molecule has 0 fully saturated rings. The summed E-state index contributed by atoms with van der Waals surface area (Å²) in [5.41, 5.74) is 7.34. The molecule has 2 heterocycles. The van der Waals surface area contributed by atoms with Gasteiger partial charge in [0.15, 0.2) is 0 Å². The molecule has 1 aliphatic rings.